The van der Waals surface area contributed by atoms with Gasteiger partial charge in [0, 0.05) is 12.7 Å². The van der Waals surface area contributed by atoms with Crippen molar-refractivity contribution in [2.75, 3.05) is 0 Å². The van der Waals surface area contributed by atoms with Crippen molar-refractivity contribution in [2.24, 2.45) is 0 Å². The molecule has 0 radical (unpaired) electrons. The van der Waals surface area contributed by atoms with Crippen molar-refractivity contribution in [1.29, 1.82) is 0 Å². The molecule has 0 fully saturated rings. The standard InChI is InChI=1S/C12H13N7O2/c1-2-5-19-11(15-16-17-19)7-21-12(20)9-3-4-10-14-13-8-18(10)6-9/h3-4,6,8H,2,5,7H2,1H3. The first kappa shape index (κ1) is 13.2. The van der Waals surface area contributed by atoms with E-state index < -0.39 is 5.97 Å². The van der Waals surface area contributed by atoms with Gasteiger partial charge >= 0.3 is 5.97 Å². The van der Waals surface area contributed by atoms with Crippen LogP contribution in [0, 0.1) is 0 Å². The smallest absolute Gasteiger partial charge is 0.340 e. The maximum absolute atomic E-state index is 12.0. The normalized spacial score (nSPS) is 10.9. The predicted molar refractivity (Wildman–Crippen MR) is 70.2 cm³/mol. The molecule has 0 amide bonds. The fraction of sp³-hybridized carbons (Fsp3) is 0.333. The molecule has 0 saturated heterocycles. The molecule has 0 atom stereocenters. The van der Waals surface area contributed by atoms with E-state index in [1.165, 1.54) is 6.33 Å². The van der Waals surface area contributed by atoms with E-state index in [0.29, 0.717) is 23.6 Å². The highest BCUT2D eigenvalue weighted by Crippen LogP contribution is 2.07. The minimum atomic E-state index is -0.448. The summed E-state index contributed by atoms with van der Waals surface area (Å²) in [5, 5.41) is 18.9. The number of aromatic nitrogens is 7. The van der Waals surface area contributed by atoms with Crippen LogP contribution in [0.1, 0.15) is 29.5 Å². The summed E-state index contributed by atoms with van der Waals surface area (Å²) >= 11 is 0. The Morgan fingerprint density at radius 3 is 3.10 bits per heavy atom. The van der Waals surface area contributed by atoms with Crippen molar-refractivity contribution in [2.45, 2.75) is 26.5 Å². The lowest BCUT2D eigenvalue weighted by molar-refractivity contribution is 0.0456. The van der Waals surface area contributed by atoms with Crippen LogP contribution in [0.2, 0.25) is 0 Å². The number of carbonyl (C=O) groups excluding carboxylic acids is 1. The number of aryl methyl sites for hydroxylation is 1. The molecule has 21 heavy (non-hydrogen) atoms. The zero-order chi connectivity index (χ0) is 14.7. The minimum absolute atomic E-state index is 0.0338. The fourth-order valence-electron chi connectivity index (χ4n) is 1.87. The average molecular weight is 287 g/mol. The highest BCUT2D eigenvalue weighted by molar-refractivity contribution is 5.89. The Bertz CT molecular complexity index is 764. The maximum atomic E-state index is 12.0. The average Bonchev–Trinajstić information content (AvgIpc) is 3.13. The first-order chi connectivity index (χ1) is 10.3. The number of tetrazole rings is 1. The van der Waals surface area contributed by atoms with Gasteiger partial charge in [0.1, 0.15) is 6.33 Å². The number of ether oxygens (including phenoxy) is 1. The van der Waals surface area contributed by atoms with E-state index in [0.717, 1.165) is 6.42 Å². The molecule has 0 aliphatic rings. The number of rotatable bonds is 5. The van der Waals surface area contributed by atoms with Gasteiger partial charge in [-0.25, -0.2) is 9.48 Å². The van der Waals surface area contributed by atoms with E-state index >= 15 is 0 Å². The Balaban J connectivity index is 1.69. The Hall–Kier alpha value is -2.84. The van der Waals surface area contributed by atoms with E-state index in [2.05, 4.69) is 25.7 Å². The summed E-state index contributed by atoms with van der Waals surface area (Å²) in [6, 6.07) is 3.34. The number of hydrogen-bond acceptors (Lipinski definition) is 7. The molecule has 3 rings (SSSR count). The van der Waals surface area contributed by atoms with Crippen molar-refractivity contribution in [3.05, 3.63) is 36.0 Å². The van der Waals surface area contributed by atoms with Gasteiger partial charge < -0.3 is 4.74 Å². The highest BCUT2D eigenvalue weighted by atomic mass is 16.5. The van der Waals surface area contributed by atoms with Crippen molar-refractivity contribution in [3.63, 3.8) is 0 Å². The molecule has 0 aliphatic heterocycles. The van der Waals surface area contributed by atoms with Crippen LogP contribution in [0.5, 0.6) is 0 Å². The molecular formula is C12H13N7O2. The van der Waals surface area contributed by atoms with E-state index in [9.17, 15) is 4.79 Å². The molecule has 0 saturated carbocycles. The zero-order valence-corrected chi connectivity index (χ0v) is 11.4. The van der Waals surface area contributed by atoms with Crippen molar-refractivity contribution in [3.8, 4) is 0 Å². The summed E-state index contributed by atoms with van der Waals surface area (Å²) in [4.78, 5) is 12.0. The largest absolute Gasteiger partial charge is 0.454 e. The van der Waals surface area contributed by atoms with Gasteiger partial charge in [-0.1, -0.05) is 6.92 Å². The molecule has 3 aromatic rings. The number of pyridine rings is 1. The van der Waals surface area contributed by atoms with E-state index in [-0.39, 0.29) is 6.61 Å². The lowest BCUT2D eigenvalue weighted by Crippen LogP contribution is -2.11. The summed E-state index contributed by atoms with van der Waals surface area (Å²) < 4.78 is 8.50. The van der Waals surface area contributed by atoms with E-state index in [1.54, 1.807) is 27.4 Å². The summed E-state index contributed by atoms with van der Waals surface area (Å²) in [6.07, 6.45) is 4.04. The summed E-state index contributed by atoms with van der Waals surface area (Å²) in [7, 11) is 0. The Kier molecular flexibility index (Phi) is 3.54. The summed E-state index contributed by atoms with van der Waals surface area (Å²) in [5.74, 6) is 0.0761. The molecule has 3 heterocycles. The molecular weight excluding hydrogens is 274 g/mol. The van der Waals surface area contributed by atoms with Crippen LogP contribution in [0.15, 0.2) is 24.7 Å². The maximum Gasteiger partial charge on any atom is 0.340 e. The van der Waals surface area contributed by atoms with E-state index in [4.69, 9.17) is 4.74 Å². The molecule has 108 valence electrons. The predicted octanol–water partition coefficient (Wildman–Crippen LogP) is 0.483. The number of hydrogen-bond donors (Lipinski definition) is 0. The van der Waals surface area contributed by atoms with Gasteiger partial charge in [0.25, 0.3) is 0 Å². The van der Waals surface area contributed by atoms with Gasteiger partial charge in [-0.15, -0.1) is 15.3 Å². The van der Waals surface area contributed by atoms with Gasteiger partial charge in [0.2, 0.25) is 0 Å². The van der Waals surface area contributed by atoms with Crippen LogP contribution >= 0.6 is 0 Å². The van der Waals surface area contributed by atoms with Crippen LogP contribution in [-0.2, 0) is 17.9 Å². The van der Waals surface area contributed by atoms with Crippen molar-refractivity contribution < 1.29 is 9.53 Å². The number of fused-ring (bicyclic) bond motifs is 1. The molecule has 9 nitrogen and oxygen atoms in total. The second-order valence-electron chi connectivity index (χ2n) is 4.41. The molecule has 0 aromatic carbocycles. The molecule has 0 unspecified atom stereocenters. The Morgan fingerprint density at radius 1 is 1.33 bits per heavy atom. The van der Waals surface area contributed by atoms with Gasteiger partial charge in [-0.2, -0.15) is 0 Å². The molecule has 3 aromatic heterocycles. The van der Waals surface area contributed by atoms with Gasteiger partial charge in [0.05, 0.1) is 5.56 Å². The molecule has 0 N–H and O–H groups in total. The third kappa shape index (κ3) is 2.71. The van der Waals surface area contributed by atoms with Crippen molar-refractivity contribution in [1.82, 2.24) is 34.8 Å². The third-order valence-corrected chi connectivity index (χ3v) is 2.90. The van der Waals surface area contributed by atoms with Gasteiger partial charge in [0.15, 0.2) is 18.1 Å². The van der Waals surface area contributed by atoms with Gasteiger partial charge in [-0.05, 0) is 29.0 Å². The summed E-state index contributed by atoms with van der Waals surface area (Å²) in [6.45, 7) is 2.74. The van der Waals surface area contributed by atoms with Crippen molar-refractivity contribution >= 4 is 11.6 Å². The Morgan fingerprint density at radius 2 is 2.24 bits per heavy atom. The van der Waals surface area contributed by atoms with Crippen LogP contribution in [0.25, 0.3) is 5.65 Å². The monoisotopic (exact) mass is 287 g/mol. The second-order valence-corrected chi connectivity index (χ2v) is 4.41. The van der Waals surface area contributed by atoms with Crippen LogP contribution in [-0.4, -0.2) is 40.8 Å². The topological polar surface area (TPSA) is 100 Å². The first-order valence-corrected chi connectivity index (χ1v) is 6.49. The third-order valence-electron chi connectivity index (χ3n) is 2.90. The lowest BCUT2D eigenvalue weighted by Gasteiger charge is -2.05. The quantitative estimate of drug-likeness (QED) is 0.629. The second kappa shape index (κ2) is 5.65. The van der Waals surface area contributed by atoms with E-state index in [1.807, 2.05) is 6.92 Å². The summed E-state index contributed by atoms with van der Waals surface area (Å²) in [5.41, 5.74) is 1.08. The first-order valence-electron chi connectivity index (χ1n) is 6.49. The highest BCUT2D eigenvalue weighted by Gasteiger charge is 2.12. The molecule has 0 bridgehead atoms. The van der Waals surface area contributed by atoms with Crippen LogP contribution in [0.4, 0.5) is 0 Å². The number of esters is 1. The number of nitrogens with zero attached hydrogens (tertiary/aromatic N) is 7. The molecule has 9 heteroatoms. The zero-order valence-electron chi connectivity index (χ0n) is 11.4. The molecule has 0 aliphatic carbocycles. The Labute approximate surface area is 119 Å². The lowest BCUT2D eigenvalue weighted by atomic mass is 10.3. The minimum Gasteiger partial charge on any atom is -0.454 e. The van der Waals surface area contributed by atoms with Crippen LogP contribution < -0.4 is 0 Å². The number of carbonyl (C=O) groups is 1. The fourth-order valence-corrected chi connectivity index (χ4v) is 1.87. The van der Waals surface area contributed by atoms with Crippen LogP contribution in [0.3, 0.4) is 0 Å². The SMILES string of the molecule is CCCn1nnnc1COC(=O)c1ccc2nncn2c1. The van der Waals surface area contributed by atoms with Gasteiger partial charge in [-0.3, -0.25) is 4.40 Å². The molecule has 0 spiro atoms.